The molecule has 2 rings (SSSR count). The summed E-state index contributed by atoms with van der Waals surface area (Å²) in [6.07, 6.45) is 0. The number of hydrogen-bond acceptors (Lipinski definition) is 3. The number of ether oxygens (including phenoxy) is 1. The van der Waals surface area contributed by atoms with Crippen molar-refractivity contribution in [3.05, 3.63) is 58.6 Å². The maximum Gasteiger partial charge on any atom is 0.337 e. The van der Waals surface area contributed by atoms with E-state index in [-0.39, 0.29) is 11.1 Å². The molecule has 5 heteroatoms. The zero-order valence-corrected chi connectivity index (χ0v) is 11.3. The fourth-order valence-corrected chi connectivity index (χ4v) is 2.08. The van der Waals surface area contributed by atoms with Gasteiger partial charge in [-0.3, -0.25) is 0 Å². The molecule has 0 aliphatic carbocycles. The summed E-state index contributed by atoms with van der Waals surface area (Å²) in [5, 5.41) is 9.60. The van der Waals surface area contributed by atoms with Crippen LogP contribution in [0.5, 0.6) is 0 Å². The van der Waals surface area contributed by atoms with Crippen LogP contribution in [-0.4, -0.2) is 24.2 Å². The number of carboxylic acid groups (broad SMARTS) is 1. The molecule has 102 valence electrons. The molecular formula is C15H11ClO4. The van der Waals surface area contributed by atoms with Gasteiger partial charge in [0, 0.05) is 10.6 Å². The Bertz CT molecular complexity index is 679. The first-order chi connectivity index (χ1) is 9.52. The summed E-state index contributed by atoms with van der Waals surface area (Å²) in [5.74, 6) is -1.72. The predicted molar refractivity (Wildman–Crippen MR) is 75.2 cm³/mol. The van der Waals surface area contributed by atoms with E-state index in [0.717, 1.165) is 0 Å². The molecule has 0 amide bonds. The van der Waals surface area contributed by atoms with Crippen LogP contribution >= 0.6 is 11.6 Å². The molecule has 0 aromatic heterocycles. The number of carbonyl (C=O) groups excluding carboxylic acids is 1. The largest absolute Gasteiger partial charge is 0.478 e. The number of esters is 1. The van der Waals surface area contributed by atoms with E-state index in [1.165, 1.54) is 19.2 Å². The maximum absolute atomic E-state index is 11.6. The minimum absolute atomic E-state index is 0.00261. The first-order valence-electron chi connectivity index (χ1n) is 5.74. The van der Waals surface area contributed by atoms with Gasteiger partial charge in [0.2, 0.25) is 0 Å². The molecule has 0 bridgehead atoms. The minimum Gasteiger partial charge on any atom is -0.478 e. The summed E-state index contributed by atoms with van der Waals surface area (Å²) in [5.41, 5.74) is 1.38. The molecule has 2 aromatic carbocycles. The molecule has 0 saturated heterocycles. The number of benzene rings is 2. The monoisotopic (exact) mass is 290 g/mol. The molecule has 2 aromatic rings. The van der Waals surface area contributed by atoms with Crippen LogP contribution in [0, 0.1) is 0 Å². The van der Waals surface area contributed by atoms with Crippen molar-refractivity contribution < 1.29 is 19.4 Å². The standard InChI is InChI=1S/C15H11ClO4/c1-20-15(19)11-7-9(6-10(8-11)14(17)18)12-4-2-3-5-13(12)16/h2-8H,1H3,(H,17,18). The Balaban J connectivity index is 2.64. The quantitative estimate of drug-likeness (QED) is 0.879. The molecule has 0 unspecified atom stereocenters. The second-order valence-corrected chi connectivity index (χ2v) is 4.48. The van der Waals surface area contributed by atoms with Crippen LogP contribution in [0.25, 0.3) is 11.1 Å². The smallest absolute Gasteiger partial charge is 0.337 e. The minimum atomic E-state index is -1.12. The number of aromatic carboxylic acids is 1. The predicted octanol–water partition coefficient (Wildman–Crippen LogP) is 3.49. The van der Waals surface area contributed by atoms with Gasteiger partial charge in [-0.1, -0.05) is 29.8 Å². The van der Waals surface area contributed by atoms with Crippen molar-refractivity contribution in [3.63, 3.8) is 0 Å². The average Bonchev–Trinajstić information content (AvgIpc) is 2.46. The van der Waals surface area contributed by atoms with Crippen LogP contribution < -0.4 is 0 Å². The number of carboxylic acids is 1. The topological polar surface area (TPSA) is 63.6 Å². The lowest BCUT2D eigenvalue weighted by atomic mass is 9.99. The number of methoxy groups -OCH3 is 1. The maximum atomic E-state index is 11.6. The molecule has 0 radical (unpaired) electrons. The van der Waals surface area contributed by atoms with E-state index < -0.39 is 11.9 Å². The summed E-state index contributed by atoms with van der Waals surface area (Å²) in [6.45, 7) is 0. The zero-order chi connectivity index (χ0) is 14.7. The first-order valence-corrected chi connectivity index (χ1v) is 6.12. The number of carbonyl (C=O) groups is 2. The van der Waals surface area contributed by atoms with Crippen molar-refractivity contribution >= 4 is 23.5 Å². The molecule has 0 aliphatic rings. The molecule has 1 N–H and O–H groups in total. The lowest BCUT2D eigenvalue weighted by molar-refractivity contribution is 0.0601. The Labute approximate surface area is 120 Å². The molecular weight excluding hydrogens is 280 g/mol. The summed E-state index contributed by atoms with van der Waals surface area (Å²) in [4.78, 5) is 22.8. The zero-order valence-electron chi connectivity index (χ0n) is 10.6. The Kier molecular flexibility index (Phi) is 4.05. The highest BCUT2D eigenvalue weighted by atomic mass is 35.5. The summed E-state index contributed by atoms with van der Waals surface area (Å²) in [7, 11) is 1.24. The fraction of sp³-hybridized carbons (Fsp3) is 0.0667. The summed E-state index contributed by atoms with van der Waals surface area (Å²) < 4.78 is 4.63. The van der Waals surface area contributed by atoms with Gasteiger partial charge >= 0.3 is 11.9 Å². The van der Waals surface area contributed by atoms with Crippen molar-refractivity contribution in [2.75, 3.05) is 7.11 Å². The fourth-order valence-electron chi connectivity index (χ4n) is 1.84. The van der Waals surface area contributed by atoms with Crippen LogP contribution in [0.4, 0.5) is 0 Å². The van der Waals surface area contributed by atoms with Crippen molar-refractivity contribution in [2.45, 2.75) is 0 Å². The Morgan fingerprint density at radius 1 is 1.10 bits per heavy atom. The van der Waals surface area contributed by atoms with Gasteiger partial charge in [-0.25, -0.2) is 9.59 Å². The van der Waals surface area contributed by atoms with Crippen molar-refractivity contribution in [2.24, 2.45) is 0 Å². The first kappa shape index (κ1) is 14.1. The Hall–Kier alpha value is -2.33. The Morgan fingerprint density at radius 3 is 2.35 bits per heavy atom. The lowest BCUT2D eigenvalue weighted by Gasteiger charge is -2.08. The van der Waals surface area contributed by atoms with Crippen LogP contribution in [0.15, 0.2) is 42.5 Å². The van der Waals surface area contributed by atoms with Crippen LogP contribution in [0.2, 0.25) is 5.02 Å². The van der Waals surface area contributed by atoms with E-state index in [4.69, 9.17) is 16.7 Å². The molecule has 0 aliphatic heterocycles. The van der Waals surface area contributed by atoms with E-state index in [0.29, 0.717) is 16.1 Å². The molecule has 0 fully saturated rings. The van der Waals surface area contributed by atoms with Gasteiger partial charge in [0.15, 0.2) is 0 Å². The highest BCUT2D eigenvalue weighted by Crippen LogP contribution is 2.29. The third-order valence-corrected chi connectivity index (χ3v) is 3.12. The van der Waals surface area contributed by atoms with Gasteiger partial charge in [-0.2, -0.15) is 0 Å². The highest BCUT2D eigenvalue weighted by molar-refractivity contribution is 6.33. The number of halogens is 1. The summed E-state index contributed by atoms with van der Waals surface area (Å²) >= 11 is 6.09. The van der Waals surface area contributed by atoms with Gasteiger partial charge in [0.1, 0.15) is 0 Å². The van der Waals surface area contributed by atoms with E-state index in [2.05, 4.69) is 4.74 Å². The highest BCUT2D eigenvalue weighted by Gasteiger charge is 2.14. The van der Waals surface area contributed by atoms with Crippen molar-refractivity contribution in [1.29, 1.82) is 0 Å². The molecule has 4 nitrogen and oxygen atoms in total. The number of rotatable bonds is 3. The third-order valence-electron chi connectivity index (χ3n) is 2.79. The second-order valence-electron chi connectivity index (χ2n) is 4.08. The molecule has 0 heterocycles. The third kappa shape index (κ3) is 2.81. The van der Waals surface area contributed by atoms with Crippen LogP contribution in [0.1, 0.15) is 20.7 Å². The van der Waals surface area contributed by atoms with E-state index in [9.17, 15) is 9.59 Å². The normalized spacial score (nSPS) is 10.1. The second kappa shape index (κ2) is 5.75. The molecule has 0 atom stereocenters. The SMILES string of the molecule is COC(=O)c1cc(C(=O)O)cc(-c2ccccc2Cl)c1. The van der Waals surface area contributed by atoms with Gasteiger partial charge in [-0.15, -0.1) is 0 Å². The van der Waals surface area contributed by atoms with Crippen LogP contribution in [-0.2, 0) is 4.74 Å². The molecule has 0 saturated carbocycles. The van der Waals surface area contributed by atoms with Crippen LogP contribution in [0.3, 0.4) is 0 Å². The van der Waals surface area contributed by atoms with E-state index >= 15 is 0 Å². The van der Waals surface area contributed by atoms with E-state index in [1.807, 2.05) is 0 Å². The van der Waals surface area contributed by atoms with Gasteiger partial charge in [0.05, 0.1) is 18.2 Å². The average molecular weight is 291 g/mol. The number of hydrogen-bond donors (Lipinski definition) is 1. The molecule has 0 spiro atoms. The lowest BCUT2D eigenvalue weighted by Crippen LogP contribution is -2.05. The van der Waals surface area contributed by atoms with Gasteiger partial charge < -0.3 is 9.84 Å². The van der Waals surface area contributed by atoms with Crippen molar-refractivity contribution in [3.8, 4) is 11.1 Å². The van der Waals surface area contributed by atoms with Crippen molar-refractivity contribution in [1.82, 2.24) is 0 Å². The Morgan fingerprint density at radius 2 is 1.75 bits per heavy atom. The van der Waals surface area contributed by atoms with Gasteiger partial charge in [-0.05, 0) is 29.8 Å². The van der Waals surface area contributed by atoms with E-state index in [1.54, 1.807) is 30.3 Å². The summed E-state index contributed by atoms with van der Waals surface area (Å²) in [6, 6.07) is 11.3. The molecule has 20 heavy (non-hydrogen) atoms. The van der Waals surface area contributed by atoms with Gasteiger partial charge in [0.25, 0.3) is 0 Å².